The molecule has 0 bridgehead atoms. The highest BCUT2D eigenvalue weighted by atomic mass is 35.5. The fourth-order valence-electron chi connectivity index (χ4n) is 4.19. The van der Waals surface area contributed by atoms with Gasteiger partial charge in [-0.05, 0) is 38.2 Å². The van der Waals surface area contributed by atoms with E-state index in [1.165, 1.54) is 17.0 Å². The van der Waals surface area contributed by atoms with E-state index < -0.39 is 11.9 Å². The van der Waals surface area contributed by atoms with Crippen LogP contribution in [0, 0.1) is 23.6 Å². The summed E-state index contributed by atoms with van der Waals surface area (Å²) in [5.74, 6) is 5.37. The molecule has 0 fully saturated rings. The number of hydrogen-bond donors (Lipinski definition) is 0. The van der Waals surface area contributed by atoms with Crippen LogP contribution in [0.5, 0.6) is 5.75 Å². The van der Waals surface area contributed by atoms with Crippen LogP contribution in [0.4, 0.5) is 10.1 Å². The third-order valence-electron chi connectivity index (χ3n) is 5.68. The van der Waals surface area contributed by atoms with Crippen LogP contribution < -0.4 is 15.2 Å². The van der Waals surface area contributed by atoms with Crippen LogP contribution in [0.3, 0.4) is 0 Å². The maximum atomic E-state index is 15.2. The summed E-state index contributed by atoms with van der Waals surface area (Å²) in [5, 5.41) is 0.212. The molecule has 2 aliphatic rings. The first-order chi connectivity index (χ1) is 14.8. The molecule has 4 rings (SSSR count). The molecule has 0 saturated carbocycles. The Hall–Kier alpha value is -2.72. The van der Waals surface area contributed by atoms with Crippen molar-refractivity contribution < 1.29 is 13.9 Å². The van der Waals surface area contributed by atoms with Gasteiger partial charge in [0.05, 0.1) is 17.8 Å². The average molecular weight is 446 g/mol. The van der Waals surface area contributed by atoms with E-state index in [-0.39, 0.29) is 46.0 Å². The van der Waals surface area contributed by atoms with Crippen molar-refractivity contribution in [3.63, 3.8) is 0 Å². The minimum Gasteiger partial charge on any atom is -0.478 e. The summed E-state index contributed by atoms with van der Waals surface area (Å²) in [5.41, 5.74) is 0.247. The Morgan fingerprint density at radius 1 is 1.23 bits per heavy atom. The monoisotopic (exact) mass is 445 g/mol. The Bertz CT molecular complexity index is 1160. The van der Waals surface area contributed by atoms with Crippen molar-refractivity contribution in [1.29, 1.82) is 0 Å². The van der Waals surface area contributed by atoms with Crippen LogP contribution in [0.15, 0.2) is 16.9 Å². The lowest BCUT2D eigenvalue weighted by Gasteiger charge is -2.34. The van der Waals surface area contributed by atoms with Crippen LogP contribution in [-0.4, -0.2) is 27.9 Å². The maximum absolute atomic E-state index is 15.2. The Balaban J connectivity index is 1.86. The Morgan fingerprint density at radius 3 is 2.58 bits per heavy atom. The highest BCUT2D eigenvalue weighted by Gasteiger charge is 2.36. The van der Waals surface area contributed by atoms with E-state index in [4.69, 9.17) is 16.3 Å². The van der Waals surface area contributed by atoms with Crippen molar-refractivity contribution in [2.75, 3.05) is 11.4 Å². The topological polar surface area (TPSA) is 56.5 Å². The number of nitrogens with zero attached hydrogens (tertiary/aromatic N) is 3. The number of rotatable bonds is 4. The van der Waals surface area contributed by atoms with E-state index in [1.807, 2.05) is 13.8 Å². The summed E-state index contributed by atoms with van der Waals surface area (Å²) in [6.45, 7) is 7.00. The van der Waals surface area contributed by atoms with E-state index in [9.17, 15) is 9.59 Å². The van der Waals surface area contributed by atoms with E-state index in [0.29, 0.717) is 25.2 Å². The second kappa shape index (κ2) is 8.43. The molecular weight excluding hydrogens is 421 g/mol. The van der Waals surface area contributed by atoms with Crippen molar-refractivity contribution >= 4 is 23.2 Å². The smallest absolute Gasteiger partial charge is 0.276 e. The third kappa shape index (κ3) is 3.74. The zero-order chi connectivity index (χ0) is 22.3. The SMILES string of the molecule is CC#CCN1C(=O)C(CC(C)C)Oc2cc(F)c(-c3c(Cl)n4n(c3=O)CCCC4)cc21. The average Bonchev–Trinajstić information content (AvgIpc) is 2.98. The number of amides is 1. The summed E-state index contributed by atoms with van der Waals surface area (Å²) < 4.78 is 24.4. The highest BCUT2D eigenvalue weighted by Crippen LogP contribution is 2.41. The molecule has 0 spiro atoms. The Morgan fingerprint density at radius 2 is 1.94 bits per heavy atom. The largest absolute Gasteiger partial charge is 0.478 e. The van der Waals surface area contributed by atoms with Gasteiger partial charge < -0.3 is 4.74 Å². The number of aromatic nitrogens is 2. The van der Waals surface area contributed by atoms with Gasteiger partial charge in [-0.25, -0.2) is 9.07 Å². The van der Waals surface area contributed by atoms with E-state index >= 15 is 4.39 Å². The number of fused-ring (bicyclic) bond motifs is 2. The van der Waals surface area contributed by atoms with Crippen molar-refractivity contribution in [2.24, 2.45) is 5.92 Å². The summed E-state index contributed by atoms with van der Waals surface area (Å²) in [7, 11) is 0. The molecule has 1 aromatic heterocycles. The van der Waals surface area contributed by atoms with Gasteiger partial charge >= 0.3 is 0 Å². The predicted octanol–water partition coefficient (Wildman–Crippen LogP) is 4.07. The quantitative estimate of drug-likeness (QED) is 0.667. The normalized spacial score (nSPS) is 17.7. The molecule has 2 aliphatic heterocycles. The standard InChI is InChI=1S/C23H25ClFN3O3/c1-4-5-8-26-17-12-15(20-21(24)27-9-6-7-10-28(27)23(20)30)16(25)13-18(17)31-19(22(26)29)11-14(2)3/h12-14,19H,6-11H2,1-3H3. The van der Waals surface area contributed by atoms with Crippen LogP contribution in [0.1, 0.15) is 40.0 Å². The van der Waals surface area contributed by atoms with Gasteiger partial charge in [0.1, 0.15) is 16.7 Å². The van der Waals surface area contributed by atoms with Crippen molar-refractivity contribution in [2.45, 2.75) is 59.2 Å². The lowest BCUT2D eigenvalue weighted by Crippen LogP contribution is -2.46. The van der Waals surface area contributed by atoms with Crippen LogP contribution in [0.2, 0.25) is 5.15 Å². The molecule has 3 heterocycles. The molecule has 0 N–H and O–H groups in total. The fourth-order valence-corrected chi connectivity index (χ4v) is 4.55. The Labute approximate surface area is 185 Å². The summed E-state index contributed by atoms with van der Waals surface area (Å²) in [6, 6.07) is 2.73. The first-order valence-electron chi connectivity index (χ1n) is 10.5. The van der Waals surface area contributed by atoms with Crippen molar-refractivity contribution in [1.82, 2.24) is 9.36 Å². The second-order valence-electron chi connectivity index (χ2n) is 8.31. The highest BCUT2D eigenvalue weighted by molar-refractivity contribution is 6.32. The first-order valence-corrected chi connectivity index (χ1v) is 10.9. The molecule has 8 heteroatoms. The second-order valence-corrected chi connectivity index (χ2v) is 8.67. The molecule has 1 unspecified atom stereocenters. The summed E-state index contributed by atoms with van der Waals surface area (Å²) >= 11 is 6.51. The molecule has 1 atom stereocenters. The lowest BCUT2D eigenvalue weighted by atomic mass is 10.0. The Kier molecular flexibility index (Phi) is 5.85. The lowest BCUT2D eigenvalue weighted by molar-refractivity contribution is -0.126. The molecular formula is C23H25ClFN3O3. The number of carbonyl (C=O) groups excluding carboxylic acids is 1. The summed E-state index contributed by atoms with van der Waals surface area (Å²) in [6.07, 6.45) is 1.59. The summed E-state index contributed by atoms with van der Waals surface area (Å²) in [4.78, 5) is 27.6. The third-order valence-corrected chi connectivity index (χ3v) is 6.07. The van der Waals surface area contributed by atoms with Gasteiger partial charge in [0.15, 0.2) is 6.10 Å². The van der Waals surface area contributed by atoms with E-state index in [2.05, 4.69) is 11.8 Å². The number of hydrogen-bond acceptors (Lipinski definition) is 3. The predicted molar refractivity (Wildman–Crippen MR) is 118 cm³/mol. The number of halogens is 2. The molecule has 2 aromatic rings. The minimum atomic E-state index is -0.701. The molecule has 1 amide bonds. The molecule has 164 valence electrons. The van der Waals surface area contributed by atoms with Crippen molar-refractivity contribution in [3.8, 4) is 28.7 Å². The van der Waals surface area contributed by atoms with Crippen LogP contribution in [0.25, 0.3) is 11.1 Å². The van der Waals surface area contributed by atoms with E-state index in [0.717, 1.165) is 12.8 Å². The number of anilines is 1. The number of ether oxygens (including phenoxy) is 1. The van der Waals surface area contributed by atoms with Gasteiger partial charge in [0.2, 0.25) is 0 Å². The number of benzene rings is 1. The zero-order valence-electron chi connectivity index (χ0n) is 17.9. The number of carbonyl (C=O) groups is 1. The fraction of sp³-hybridized carbons (Fsp3) is 0.478. The van der Waals surface area contributed by atoms with Crippen molar-refractivity contribution in [3.05, 3.63) is 33.5 Å². The van der Waals surface area contributed by atoms with Gasteiger partial charge in [-0.1, -0.05) is 31.4 Å². The van der Waals surface area contributed by atoms with Gasteiger partial charge in [0.25, 0.3) is 11.5 Å². The molecule has 6 nitrogen and oxygen atoms in total. The van der Waals surface area contributed by atoms with Crippen LogP contribution in [-0.2, 0) is 17.9 Å². The van der Waals surface area contributed by atoms with Gasteiger partial charge in [0, 0.05) is 24.7 Å². The first kappa shape index (κ1) is 21.5. The van der Waals surface area contributed by atoms with E-state index in [1.54, 1.807) is 16.3 Å². The maximum Gasteiger partial charge on any atom is 0.276 e. The van der Waals surface area contributed by atoms with Gasteiger partial charge in [-0.3, -0.25) is 19.2 Å². The van der Waals surface area contributed by atoms with Gasteiger partial charge in [-0.2, -0.15) is 0 Å². The molecule has 1 aromatic carbocycles. The van der Waals surface area contributed by atoms with Crippen LogP contribution >= 0.6 is 11.6 Å². The zero-order valence-corrected chi connectivity index (χ0v) is 18.6. The molecule has 0 aliphatic carbocycles. The van der Waals surface area contributed by atoms with Gasteiger partial charge in [-0.15, -0.1) is 5.92 Å². The molecule has 31 heavy (non-hydrogen) atoms. The molecule has 0 radical (unpaired) electrons. The minimum absolute atomic E-state index is 0.0660. The molecule has 0 saturated heterocycles.